The molecular weight excluding hydrogens is 324 g/mol. The van der Waals surface area contributed by atoms with E-state index in [0.29, 0.717) is 36.3 Å². The normalized spacial score (nSPS) is 19.6. The first-order valence-corrected chi connectivity index (χ1v) is 9.05. The molecule has 1 atom stereocenters. The second-order valence-corrected chi connectivity index (χ2v) is 7.68. The second kappa shape index (κ2) is 7.04. The lowest BCUT2D eigenvalue weighted by Crippen LogP contribution is -2.35. The van der Waals surface area contributed by atoms with Gasteiger partial charge in [0.25, 0.3) is 5.91 Å². The van der Waals surface area contributed by atoms with E-state index in [0.717, 1.165) is 17.5 Å². The average molecular weight is 350 g/mol. The fourth-order valence-corrected chi connectivity index (χ4v) is 3.53. The molecule has 0 bridgehead atoms. The van der Waals surface area contributed by atoms with E-state index in [1.54, 1.807) is 12.1 Å². The van der Waals surface area contributed by atoms with Crippen molar-refractivity contribution in [3.63, 3.8) is 0 Å². The molecular formula is C22H26N2O2. The van der Waals surface area contributed by atoms with E-state index in [-0.39, 0.29) is 17.1 Å². The van der Waals surface area contributed by atoms with Gasteiger partial charge in [0.1, 0.15) is 0 Å². The minimum atomic E-state index is -0.101. The van der Waals surface area contributed by atoms with Crippen molar-refractivity contribution in [1.82, 2.24) is 4.90 Å². The summed E-state index contributed by atoms with van der Waals surface area (Å²) in [5.74, 6) is -0.188. The molecule has 1 saturated heterocycles. The molecule has 1 amide bonds. The van der Waals surface area contributed by atoms with E-state index < -0.39 is 0 Å². The van der Waals surface area contributed by atoms with Crippen LogP contribution in [-0.2, 0) is 0 Å². The van der Waals surface area contributed by atoms with Crippen molar-refractivity contribution in [2.45, 2.75) is 27.2 Å². The second-order valence-electron chi connectivity index (χ2n) is 7.68. The number of aryl methyl sites for hydroxylation is 2. The Hall–Kier alpha value is -2.46. The minimum Gasteiger partial charge on any atom is -0.338 e. The Labute approximate surface area is 155 Å². The maximum absolute atomic E-state index is 13.2. The van der Waals surface area contributed by atoms with E-state index in [9.17, 15) is 9.59 Å². The molecule has 1 heterocycles. The molecule has 26 heavy (non-hydrogen) atoms. The third-order valence-corrected chi connectivity index (χ3v) is 5.38. The average Bonchev–Trinajstić information content (AvgIpc) is 3.05. The van der Waals surface area contributed by atoms with E-state index in [2.05, 4.69) is 6.92 Å². The molecule has 4 nitrogen and oxygen atoms in total. The zero-order chi connectivity index (χ0) is 18.9. The monoisotopic (exact) mass is 350 g/mol. The Morgan fingerprint density at radius 1 is 1.08 bits per heavy atom. The van der Waals surface area contributed by atoms with Gasteiger partial charge in [0, 0.05) is 24.2 Å². The lowest BCUT2D eigenvalue weighted by molar-refractivity contribution is 0.0772. The van der Waals surface area contributed by atoms with Crippen molar-refractivity contribution in [2.75, 3.05) is 19.6 Å². The summed E-state index contributed by atoms with van der Waals surface area (Å²) in [7, 11) is 0. The lowest BCUT2D eigenvalue weighted by Gasteiger charge is -2.23. The Morgan fingerprint density at radius 3 is 2.42 bits per heavy atom. The molecule has 1 unspecified atom stereocenters. The number of carbonyl (C=O) groups excluding carboxylic acids is 2. The number of ketones is 1. The van der Waals surface area contributed by atoms with Gasteiger partial charge >= 0.3 is 0 Å². The van der Waals surface area contributed by atoms with Gasteiger partial charge in [0.05, 0.1) is 5.56 Å². The van der Waals surface area contributed by atoms with Crippen LogP contribution >= 0.6 is 0 Å². The van der Waals surface area contributed by atoms with Crippen LogP contribution < -0.4 is 5.73 Å². The van der Waals surface area contributed by atoms with Crippen LogP contribution in [0, 0.1) is 19.3 Å². The van der Waals surface area contributed by atoms with Gasteiger partial charge in [-0.1, -0.05) is 42.8 Å². The van der Waals surface area contributed by atoms with Crippen LogP contribution in [0.4, 0.5) is 0 Å². The number of amides is 1. The Bertz CT molecular complexity index is 859. The summed E-state index contributed by atoms with van der Waals surface area (Å²) in [6, 6.07) is 12.9. The number of rotatable bonds is 4. The number of hydrogen-bond acceptors (Lipinski definition) is 3. The number of carbonyl (C=O) groups is 2. The van der Waals surface area contributed by atoms with Crippen LogP contribution in [0.25, 0.3) is 0 Å². The fourth-order valence-electron chi connectivity index (χ4n) is 3.53. The molecule has 1 fully saturated rings. The van der Waals surface area contributed by atoms with Gasteiger partial charge in [-0.3, -0.25) is 9.59 Å². The highest BCUT2D eigenvalue weighted by molar-refractivity contribution is 6.16. The topological polar surface area (TPSA) is 63.4 Å². The number of nitrogens with zero attached hydrogens (tertiary/aromatic N) is 1. The van der Waals surface area contributed by atoms with Gasteiger partial charge in [-0.25, -0.2) is 0 Å². The summed E-state index contributed by atoms with van der Waals surface area (Å²) >= 11 is 0. The molecule has 136 valence electrons. The smallest absolute Gasteiger partial charge is 0.254 e. The third kappa shape index (κ3) is 3.42. The van der Waals surface area contributed by atoms with Crippen molar-refractivity contribution in [3.05, 3.63) is 70.3 Å². The van der Waals surface area contributed by atoms with Crippen LogP contribution in [0.1, 0.15) is 50.8 Å². The molecule has 0 aliphatic carbocycles. The van der Waals surface area contributed by atoms with Gasteiger partial charge in [-0.2, -0.15) is 0 Å². The van der Waals surface area contributed by atoms with Gasteiger partial charge < -0.3 is 10.6 Å². The quantitative estimate of drug-likeness (QED) is 0.860. The molecule has 0 spiro atoms. The van der Waals surface area contributed by atoms with Crippen LogP contribution in [0.3, 0.4) is 0 Å². The summed E-state index contributed by atoms with van der Waals surface area (Å²) in [6.07, 6.45) is 0.891. The Kier molecular flexibility index (Phi) is 4.97. The molecule has 0 saturated carbocycles. The minimum absolute atomic E-state index is 0.0399. The summed E-state index contributed by atoms with van der Waals surface area (Å²) in [5, 5.41) is 0. The predicted octanol–water partition coefficient (Wildman–Crippen LogP) is 3.35. The number of likely N-dealkylation sites (tertiary alicyclic amines) is 1. The van der Waals surface area contributed by atoms with E-state index in [1.807, 2.05) is 49.1 Å². The lowest BCUT2D eigenvalue weighted by atomic mass is 9.90. The summed E-state index contributed by atoms with van der Waals surface area (Å²) < 4.78 is 0. The molecule has 0 aromatic heterocycles. The molecule has 3 rings (SSSR count). The molecule has 1 aliphatic heterocycles. The van der Waals surface area contributed by atoms with Crippen molar-refractivity contribution in [3.8, 4) is 0 Å². The first-order chi connectivity index (χ1) is 12.3. The fraction of sp³-hybridized carbons (Fsp3) is 0.364. The summed E-state index contributed by atoms with van der Waals surface area (Å²) in [6.45, 7) is 7.86. The summed E-state index contributed by atoms with van der Waals surface area (Å²) in [4.78, 5) is 28.1. The maximum Gasteiger partial charge on any atom is 0.254 e. The molecule has 4 heteroatoms. The van der Waals surface area contributed by atoms with Crippen LogP contribution in [-0.4, -0.2) is 36.2 Å². The first-order valence-electron chi connectivity index (χ1n) is 9.05. The molecule has 0 radical (unpaired) electrons. The van der Waals surface area contributed by atoms with Crippen molar-refractivity contribution < 1.29 is 9.59 Å². The number of nitrogens with two attached hydrogens (primary N) is 1. The van der Waals surface area contributed by atoms with E-state index in [1.165, 1.54) is 0 Å². The van der Waals surface area contributed by atoms with Gasteiger partial charge in [0.15, 0.2) is 5.78 Å². The molecule has 2 aromatic rings. The van der Waals surface area contributed by atoms with Crippen LogP contribution in [0.2, 0.25) is 0 Å². The van der Waals surface area contributed by atoms with E-state index >= 15 is 0 Å². The highest BCUT2D eigenvalue weighted by Crippen LogP contribution is 2.30. The maximum atomic E-state index is 13.2. The van der Waals surface area contributed by atoms with Crippen LogP contribution in [0.5, 0.6) is 0 Å². The zero-order valence-corrected chi connectivity index (χ0v) is 15.7. The zero-order valence-electron chi connectivity index (χ0n) is 15.7. The SMILES string of the molecule is Cc1ccc(C)c(C(=O)c2ccccc2C(=O)N2CCC(C)(CN)C2)c1. The van der Waals surface area contributed by atoms with Gasteiger partial charge in [0.2, 0.25) is 0 Å². The molecule has 2 aromatic carbocycles. The number of benzene rings is 2. The highest BCUT2D eigenvalue weighted by atomic mass is 16.2. The largest absolute Gasteiger partial charge is 0.338 e. The predicted molar refractivity (Wildman–Crippen MR) is 103 cm³/mol. The van der Waals surface area contributed by atoms with Crippen molar-refractivity contribution in [1.29, 1.82) is 0 Å². The van der Waals surface area contributed by atoms with E-state index in [4.69, 9.17) is 5.73 Å². The third-order valence-electron chi connectivity index (χ3n) is 5.38. The molecule has 1 aliphatic rings. The summed E-state index contributed by atoms with van der Waals surface area (Å²) in [5.41, 5.74) is 9.36. The van der Waals surface area contributed by atoms with Gasteiger partial charge in [-0.05, 0) is 49.9 Å². The van der Waals surface area contributed by atoms with Crippen LogP contribution in [0.15, 0.2) is 42.5 Å². The van der Waals surface area contributed by atoms with Gasteiger partial charge in [-0.15, -0.1) is 0 Å². The Balaban J connectivity index is 1.95. The van der Waals surface area contributed by atoms with Crippen molar-refractivity contribution in [2.24, 2.45) is 11.1 Å². The standard InChI is InChI=1S/C22H26N2O2/c1-15-8-9-16(2)19(12-15)20(25)17-6-4-5-7-18(17)21(26)24-11-10-22(3,13-23)14-24/h4-9,12H,10-11,13-14,23H2,1-3H3. The van der Waals surface area contributed by atoms with Crippen molar-refractivity contribution >= 4 is 11.7 Å². The Morgan fingerprint density at radius 2 is 1.77 bits per heavy atom. The molecule has 2 N–H and O–H groups in total. The first kappa shape index (κ1) is 18.3. The highest BCUT2D eigenvalue weighted by Gasteiger charge is 2.36. The number of hydrogen-bond donors (Lipinski definition) is 1.